The fourth-order valence-electron chi connectivity index (χ4n) is 2.87. The van der Waals surface area contributed by atoms with Crippen molar-refractivity contribution in [3.8, 4) is 0 Å². The molecule has 0 heteroatoms. The SMILES string of the molecule is CC(C)(C)c1ccc(C2CCCCCC2)cc1. The second-order valence-corrected chi connectivity index (χ2v) is 6.56. The average Bonchev–Trinajstić information content (AvgIpc) is 2.56. The lowest BCUT2D eigenvalue weighted by atomic mass is 9.84. The summed E-state index contributed by atoms with van der Waals surface area (Å²) in [5, 5.41) is 0. The molecule has 0 heterocycles. The molecule has 94 valence electrons. The molecular formula is C17H26. The Morgan fingerprint density at radius 3 is 1.82 bits per heavy atom. The molecule has 0 unspecified atom stereocenters. The first kappa shape index (κ1) is 12.7. The molecule has 0 spiro atoms. The summed E-state index contributed by atoms with van der Waals surface area (Å²) in [6.07, 6.45) is 8.52. The molecule has 17 heavy (non-hydrogen) atoms. The first-order chi connectivity index (χ1) is 8.07. The van der Waals surface area contributed by atoms with Crippen LogP contribution in [-0.2, 0) is 5.41 Å². The van der Waals surface area contributed by atoms with Gasteiger partial charge >= 0.3 is 0 Å². The van der Waals surface area contributed by atoms with Gasteiger partial charge in [0.05, 0.1) is 0 Å². The highest BCUT2D eigenvalue weighted by Crippen LogP contribution is 2.32. The Hall–Kier alpha value is -0.780. The third-order valence-electron chi connectivity index (χ3n) is 4.10. The van der Waals surface area contributed by atoms with Gasteiger partial charge in [-0.15, -0.1) is 0 Å². The van der Waals surface area contributed by atoms with Gasteiger partial charge in [-0.05, 0) is 35.3 Å². The van der Waals surface area contributed by atoms with Gasteiger partial charge in [0.15, 0.2) is 0 Å². The molecule has 1 aliphatic carbocycles. The normalized spacial score (nSPS) is 19.0. The summed E-state index contributed by atoms with van der Waals surface area (Å²) in [6, 6.07) is 9.41. The predicted octanol–water partition coefficient (Wildman–Crippen LogP) is 5.42. The zero-order valence-electron chi connectivity index (χ0n) is 11.6. The van der Waals surface area contributed by atoms with Crippen LogP contribution in [0.1, 0.15) is 76.3 Å². The van der Waals surface area contributed by atoms with Gasteiger partial charge in [0.25, 0.3) is 0 Å². The van der Waals surface area contributed by atoms with Crippen LogP contribution in [0.2, 0.25) is 0 Å². The number of benzene rings is 1. The van der Waals surface area contributed by atoms with Gasteiger partial charge in [-0.25, -0.2) is 0 Å². The second kappa shape index (κ2) is 5.25. The van der Waals surface area contributed by atoms with E-state index in [2.05, 4.69) is 45.0 Å². The summed E-state index contributed by atoms with van der Waals surface area (Å²) < 4.78 is 0. The van der Waals surface area contributed by atoms with E-state index in [4.69, 9.17) is 0 Å². The van der Waals surface area contributed by atoms with Crippen LogP contribution in [0.15, 0.2) is 24.3 Å². The molecule has 2 rings (SSSR count). The summed E-state index contributed by atoms with van der Waals surface area (Å²) in [5.41, 5.74) is 3.30. The van der Waals surface area contributed by atoms with E-state index in [1.54, 1.807) is 5.56 Å². The van der Waals surface area contributed by atoms with Crippen molar-refractivity contribution < 1.29 is 0 Å². The Kier molecular flexibility index (Phi) is 3.91. The molecule has 1 saturated carbocycles. The van der Waals surface area contributed by atoms with Crippen LogP contribution in [-0.4, -0.2) is 0 Å². The Bertz CT molecular complexity index is 331. The van der Waals surface area contributed by atoms with Crippen LogP contribution in [0.25, 0.3) is 0 Å². The van der Waals surface area contributed by atoms with Gasteiger partial charge in [-0.1, -0.05) is 70.7 Å². The highest BCUT2D eigenvalue weighted by atomic mass is 14.2. The smallest absolute Gasteiger partial charge is 0.0132 e. The Labute approximate surface area is 106 Å². The molecule has 1 fully saturated rings. The summed E-state index contributed by atoms with van der Waals surface area (Å²) >= 11 is 0. The third kappa shape index (κ3) is 3.34. The van der Waals surface area contributed by atoms with Gasteiger partial charge in [0.2, 0.25) is 0 Å². The number of hydrogen-bond donors (Lipinski definition) is 0. The van der Waals surface area contributed by atoms with Crippen LogP contribution >= 0.6 is 0 Å². The van der Waals surface area contributed by atoms with Crippen LogP contribution < -0.4 is 0 Å². The number of hydrogen-bond acceptors (Lipinski definition) is 0. The van der Waals surface area contributed by atoms with E-state index in [0.717, 1.165) is 5.92 Å². The summed E-state index contributed by atoms with van der Waals surface area (Å²) in [6.45, 7) is 6.86. The van der Waals surface area contributed by atoms with Gasteiger partial charge in [0.1, 0.15) is 0 Å². The fraction of sp³-hybridized carbons (Fsp3) is 0.647. The molecule has 0 bridgehead atoms. The van der Waals surface area contributed by atoms with E-state index in [1.165, 1.54) is 44.1 Å². The molecular weight excluding hydrogens is 204 g/mol. The maximum Gasteiger partial charge on any atom is -0.0132 e. The highest BCUT2D eigenvalue weighted by molar-refractivity contribution is 5.29. The summed E-state index contributed by atoms with van der Waals surface area (Å²) in [4.78, 5) is 0. The zero-order valence-corrected chi connectivity index (χ0v) is 11.6. The molecule has 1 aromatic carbocycles. The fourth-order valence-corrected chi connectivity index (χ4v) is 2.87. The molecule has 1 aromatic rings. The van der Waals surface area contributed by atoms with E-state index in [9.17, 15) is 0 Å². The van der Waals surface area contributed by atoms with Crippen molar-refractivity contribution >= 4 is 0 Å². The predicted molar refractivity (Wildman–Crippen MR) is 75.6 cm³/mol. The molecule has 0 amide bonds. The molecule has 0 aromatic heterocycles. The quantitative estimate of drug-likeness (QED) is 0.565. The van der Waals surface area contributed by atoms with Gasteiger partial charge in [-0.3, -0.25) is 0 Å². The van der Waals surface area contributed by atoms with Crippen molar-refractivity contribution in [1.82, 2.24) is 0 Å². The van der Waals surface area contributed by atoms with E-state index >= 15 is 0 Å². The Balaban J connectivity index is 2.11. The van der Waals surface area contributed by atoms with Crippen molar-refractivity contribution in [2.45, 2.75) is 70.6 Å². The monoisotopic (exact) mass is 230 g/mol. The van der Waals surface area contributed by atoms with Crippen molar-refractivity contribution in [3.05, 3.63) is 35.4 Å². The average molecular weight is 230 g/mol. The van der Waals surface area contributed by atoms with E-state index in [-0.39, 0.29) is 5.41 Å². The minimum atomic E-state index is 0.280. The highest BCUT2D eigenvalue weighted by Gasteiger charge is 2.16. The number of rotatable bonds is 1. The lowest BCUT2D eigenvalue weighted by molar-refractivity contribution is 0.580. The minimum absolute atomic E-state index is 0.280. The molecule has 0 aliphatic heterocycles. The lowest BCUT2D eigenvalue weighted by Crippen LogP contribution is -2.11. The molecule has 0 nitrogen and oxygen atoms in total. The van der Waals surface area contributed by atoms with Gasteiger partial charge in [0, 0.05) is 0 Å². The maximum absolute atomic E-state index is 2.37. The minimum Gasteiger partial charge on any atom is -0.0585 e. The van der Waals surface area contributed by atoms with Crippen LogP contribution in [0.4, 0.5) is 0 Å². The largest absolute Gasteiger partial charge is 0.0585 e. The van der Waals surface area contributed by atoms with Crippen LogP contribution in [0, 0.1) is 0 Å². The van der Waals surface area contributed by atoms with Gasteiger partial charge in [-0.2, -0.15) is 0 Å². The third-order valence-corrected chi connectivity index (χ3v) is 4.10. The molecule has 0 N–H and O–H groups in total. The van der Waals surface area contributed by atoms with E-state index < -0.39 is 0 Å². The van der Waals surface area contributed by atoms with Crippen molar-refractivity contribution in [2.24, 2.45) is 0 Å². The molecule has 0 saturated heterocycles. The zero-order chi connectivity index (χ0) is 12.3. The standard InChI is InChI=1S/C17H26/c1-17(2,3)16-12-10-15(11-13-16)14-8-6-4-5-7-9-14/h10-14H,4-9H2,1-3H3. The first-order valence-electron chi connectivity index (χ1n) is 7.18. The molecule has 1 aliphatic rings. The van der Waals surface area contributed by atoms with E-state index in [0.29, 0.717) is 0 Å². The summed E-state index contributed by atoms with van der Waals surface area (Å²) in [5.74, 6) is 0.825. The molecule has 0 radical (unpaired) electrons. The lowest BCUT2D eigenvalue weighted by Gasteiger charge is -2.21. The van der Waals surface area contributed by atoms with Crippen molar-refractivity contribution in [1.29, 1.82) is 0 Å². The topological polar surface area (TPSA) is 0 Å². The second-order valence-electron chi connectivity index (χ2n) is 6.56. The van der Waals surface area contributed by atoms with Gasteiger partial charge < -0.3 is 0 Å². The Morgan fingerprint density at radius 1 is 0.824 bits per heavy atom. The maximum atomic E-state index is 2.37. The molecule has 0 atom stereocenters. The first-order valence-corrected chi connectivity index (χ1v) is 7.18. The van der Waals surface area contributed by atoms with E-state index in [1.807, 2.05) is 0 Å². The van der Waals surface area contributed by atoms with Crippen LogP contribution in [0.3, 0.4) is 0 Å². The van der Waals surface area contributed by atoms with Crippen molar-refractivity contribution in [2.75, 3.05) is 0 Å². The summed E-state index contributed by atoms with van der Waals surface area (Å²) in [7, 11) is 0. The Morgan fingerprint density at radius 2 is 1.35 bits per heavy atom. The van der Waals surface area contributed by atoms with Crippen molar-refractivity contribution in [3.63, 3.8) is 0 Å². The van der Waals surface area contributed by atoms with Crippen LogP contribution in [0.5, 0.6) is 0 Å².